The minimum absolute atomic E-state index is 0.0177. The van der Waals surface area contributed by atoms with E-state index in [0.717, 1.165) is 25.9 Å². The summed E-state index contributed by atoms with van der Waals surface area (Å²) in [4.78, 5) is 17.1. The Morgan fingerprint density at radius 3 is 2.83 bits per heavy atom. The molecule has 2 atom stereocenters. The van der Waals surface area contributed by atoms with Gasteiger partial charge in [-0.2, -0.15) is 0 Å². The second-order valence-corrected chi connectivity index (χ2v) is 8.23. The van der Waals surface area contributed by atoms with E-state index in [2.05, 4.69) is 21.0 Å². The molecular weight excluding hydrogens is 393 g/mol. The number of morpholine rings is 1. The number of benzene rings is 1. The SMILES string of the molecule is C#CCN1CCC(C(=O)NCC(c2c(F)cccc2Cl)N2CCOC(C)C2)CC1. The summed E-state index contributed by atoms with van der Waals surface area (Å²) >= 11 is 6.36. The molecule has 2 aliphatic rings. The average Bonchev–Trinajstić information content (AvgIpc) is 2.70. The maximum absolute atomic E-state index is 14.7. The number of carbonyl (C=O) groups is 1. The van der Waals surface area contributed by atoms with Gasteiger partial charge in [0.2, 0.25) is 5.91 Å². The van der Waals surface area contributed by atoms with E-state index in [1.165, 1.54) is 6.07 Å². The largest absolute Gasteiger partial charge is 0.376 e. The van der Waals surface area contributed by atoms with Crippen molar-refractivity contribution >= 4 is 17.5 Å². The number of halogens is 2. The molecule has 2 aliphatic heterocycles. The lowest BCUT2D eigenvalue weighted by atomic mass is 9.95. The standard InChI is InChI=1S/C22H29ClFN3O2/c1-3-9-26-10-7-17(8-11-26)22(28)25-14-20(27-12-13-29-16(2)15-27)21-18(23)5-4-6-19(21)24/h1,4-6,16-17,20H,7-15H2,2H3,(H,25,28). The lowest BCUT2D eigenvalue weighted by Crippen LogP contribution is -2.48. The first-order valence-corrected chi connectivity index (χ1v) is 10.6. The fourth-order valence-corrected chi connectivity index (χ4v) is 4.48. The van der Waals surface area contributed by atoms with Gasteiger partial charge in [-0.1, -0.05) is 23.6 Å². The van der Waals surface area contributed by atoms with Crippen molar-refractivity contribution in [2.45, 2.75) is 31.9 Å². The minimum Gasteiger partial charge on any atom is -0.376 e. The number of carbonyl (C=O) groups excluding carboxylic acids is 1. The molecule has 0 saturated carbocycles. The summed E-state index contributed by atoms with van der Waals surface area (Å²) in [5.41, 5.74) is 0.437. The zero-order valence-electron chi connectivity index (χ0n) is 16.9. The predicted molar refractivity (Wildman–Crippen MR) is 112 cm³/mol. The molecule has 1 aromatic rings. The van der Waals surface area contributed by atoms with Crippen molar-refractivity contribution in [2.24, 2.45) is 5.92 Å². The van der Waals surface area contributed by atoms with Gasteiger partial charge in [-0.25, -0.2) is 4.39 Å². The third kappa shape index (κ3) is 5.70. The number of likely N-dealkylation sites (tertiary alicyclic amines) is 1. The van der Waals surface area contributed by atoms with E-state index in [0.29, 0.717) is 43.4 Å². The van der Waals surface area contributed by atoms with E-state index in [4.69, 9.17) is 22.8 Å². The average molecular weight is 422 g/mol. The molecule has 2 saturated heterocycles. The molecule has 3 rings (SSSR count). The third-order valence-electron chi connectivity index (χ3n) is 5.79. The van der Waals surface area contributed by atoms with Gasteiger partial charge in [0.15, 0.2) is 0 Å². The highest BCUT2D eigenvalue weighted by atomic mass is 35.5. The molecule has 0 spiro atoms. The number of terminal acetylenes is 1. The number of rotatable bonds is 6. The van der Waals surface area contributed by atoms with Gasteiger partial charge in [-0.05, 0) is 45.0 Å². The topological polar surface area (TPSA) is 44.8 Å². The number of ether oxygens (including phenoxy) is 1. The van der Waals surface area contributed by atoms with Crippen LogP contribution in [0.4, 0.5) is 4.39 Å². The van der Waals surface area contributed by atoms with E-state index < -0.39 is 0 Å². The molecule has 0 aromatic heterocycles. The number of nitrogens with zero attached hydrogens (tertiary/aromatic N) is 2. The van der Waals surface area contributed by atoms with Gasteiger partial charge in [0.25, 0.3) is 0 Å². The van der Waals surface area contributed by atoms with Crippen LogP contribution in [0.5, 0.6) is 0 Å². The molecule has 2 fully saturated rings. The summed E-state index contributed by atoms with van der Waals surface area (Å²) in [5.74, 6) is 2.28. The van der Waals surface area contributed by atoms with Gasteiger partial charge in [0.05, 0.1) is 25.3 Å². The van der Waals surface area contributed by atoms with Crippen molar-refractivity contribution in [3.05, 3.63) is 34.6 Å². The highest BCUT2D eigenvalue weighted by Crippen LogP contribution is 2.31. The van der Waals surface area contributed by atoms with Crippen molar-refractivity contribution in [3.8, 4) is 12.3 Å². The Bertz CT molecular complexity index is 726. The number of hydrogen-bond donors (Lipinski definition) is 1. The van der Waals surface area contributed by atoms with Crippen molar-refractivity contribution in [2.75, 3.05) is 45.9 Å². The molecule has 7 heteroatoms. The summed E-state index contributed by atoms with van der Waals surface area (Å²) in [5, 5.41) is 3.44. The maximum atomic E-state index is 14.7. The first-order valence-electron chi connectivity index (χ1n) is 10.2. The molecule has 2 heterocycles. The Kier molecular flexibility index (Phi) is 7.91. The summed E-state index contributed by atoms with van der Waals surface area (Å²) in [6, 6.07) is 4.38. The van der Waals surface area contributed by atoms with Crippen LogP contribution < -0.4 is 5.32 Å². The van der Waals surface area contributed by atoms with Gasteiger partial charge in [0, 0.05) is 36.1 Å². The van der Waals surface area contributed by atoms with Crippen molar-refractivity contribution in [1.82, 2.24) is 15.1 Å². The molecule has 158 valence electrons. The Morgan fingerprint density at radius 1 is 1.41 bits per heavy atom. The molecule has 0 aliphatic carbocycles. The van der Waals surface area contributed by atoms with E-state index in [1.807, 2.05) is 6.92 Å². The van der Waals surface area contributed by atoms with Crippen molar-refractivity contribution in [1.29, 1.82) is 0 Å². The van der Waals surface area contributed by atoms with Crippen LogP contribution in [0.1, 0.15) is 31.4 Å². The normalized spacial score (nSPS) is 22.8. The lowest BCUT2D eigenvalue weighted by Gasteiger charge is -2.38. The third-order valence-corrected chi connectivity index (χ3v) is 6.12. The second kappa shape index (κ2) is 10.4. The lowest BCUT2D eigenvalue weighted by molar-refractivity contribution is -0.126. The molecule has 1 N–H and O–H groups in total. The van der Waals surface area contributed by atoms with Crippen molar-refractivity contribution < 1.29 is 13.9 Å². The maximum Gasteiger partial charge on any atom is 0.223 e. The van der Waals surface area contributed by atoms with E-state index in [-0.39, 0.29) is 29.8 Å². The molecule has 1 aromatic carbocycles. The summed E-state index contributed by atoms with van der Waals surface area (Å²) in [6.07, 6.45) is 6.99. The van der Waals surface area contributed by atoms with Gasteiger partial charge in [-0.15, -0.1) is 6.42 Å². The smallest absolute Gasteiger partial charge is 0.223 e. The van der Waals surface area contributed by atoms with E-state index in [9.17, 15) is 9.18 Å². The van der Waals surface area contributed by atoms with Crippen LogP contribution in [0.15, 0.2) is 18.2 Å². The van der Waals surface area contributed by atoms with Gasteiger partial charge in [0.1, 0.15) is 5.82 Å². The van der Waals surface area contributed by atoms with Gasteiger partial charge in [-0.3, -0.25) is 14.6 Å². The number of piperidine rings is 1. The molecular formula is C22H29ClFN3O2. The molecule has 2 unspecified atom stereocenters. The van der Waals surface area contributed by atoms with Crippen LogP contribution in [0.2, 0.25) is 5.02 Å². The van der Waals surface area contributed by atoms with Crippen molar-refractivity contribution in [3.63, 3.8) is 0 Å². The first kappa shape index (κ1) is 22.0. The quantitative estimate of drug-likeness (QED) is 0.717. The fraction of sp³-hybridized carbons (Fsp3) is 0.591. The number of nitrogens with one attached hydrogen (secondary N) is 1. The van der Waals surface area contributed by atoms with Crippen LogP contribution in [0, 0.1) is 24.1 Å². The fourth-order valence-electron chi connectivity index (χ4n) is 4.20. The van der Waals surface area contributed by atoms with Gasteiger partial charge < -0.3 is 10.1 Å². The monoisotopic (exact) mass is 421 g/mol. The highest BCUT2D eigenvalue weighted by molar-refractivity contribution is 6.31. The molecule has 0 radical (unpaired) electrons. The van der Waals surface area contributed by atoms with Gasteiger partial charge >= 0.3 is 0 Å². The summed E-state index contributed by atoms with van der Waals surface area (Å²) < 4.78 is 20.3. The summed E-state index contributed by atoms with van der Waals surface area (Å²) in [7, 11) is 0. The Labute approximate surface area is 177 Å². The number of amides is 1. The molecule has 1 amide bonds. The summed E-state index contributed by atoms with van der Waals surface area (Å²) in [6.45, 7) is 6.49. The highest BCUT2D eigenvalue weighted by Gasteiger charge is 2.31. The van der Waals surface area contributed by atoms with Crippen LogP contribution in [-0.2, 0) is 9.53 Å². The van der Waals surface area contributed by atoms with Crippen LogP contribution in [0.3, 0.4) is 0 Å². The Hall–Kier alpha value is -1.65. The number of hydrogen-bond acceptors (Lipinski definition) is 4. The van der Waals surface area contributed by atoms with E-state index >= 15 is 0 Å². The van der Waals surface area contributed by atoms with Crippen LogP contribution in [0.25, 0.3) is 0 Å². The second-order valence-electron chi connectivity index (χ2n) is 7.83. The first-order chi connectivity index (χ1) is 14.0. The molecule has 5 nitrogen and oxygen atoms in total. The van der Waals surface area contributed by atoms with Crippen LogP contribution >= 0.6 is 11.6 Å². The minimum atomic E-state index is -0.349. The molecule has 29 heavy (non-hydrogen) atoms. The van der Waals surface area contributed by atoms with E-state index in [1.54, 1.807) is 12.1 Å². The molecule has 0 bridgehead atoms. The zero-order chi connectivity index (χ0) is 20.8. The Morgan fingerprint density at radius 2 is 2.17 bits per heavy atom. The Balaban J connectivity index is 1.68. The van der Waals surface area contributed by atoms with Crippen LogP contribution in [-0.4, -0.2) is 67.7 Å². The zero-order valence-corrected chi connectivity index (χ0v) is 17.6. The predicted octanol–water partition coefficient (Wildman–Crippen LogP) is 2.70.